The lowest BCUT2D eigenvalue weighted by atomic mass is 9.95. The van der Waals surface area contributed by atoms with Gasteiger partial charge in [-0.15, -0.1) is 0 Å². The van der Waals surface area contributed by atoms with Gasteiger partial charge in [-0.1, -0.05) is 11.8 Å². The van der Waals surface area contributed by atoms with E-state index in [4.69, 9.17) is 9.47 Å². The molecule has 2 saturated heterocycles. The van der Waals surface area contributed by atoms with Crippen LogP contribution in [0, 0.1) is 23.7 Å². The van der Waals surface area contributed by atoms with Gasteiger partial charge in [0.05, 0.1) is 25.6 Å². The van der Waals surface area contributed by atoms with E-state index < -0.39 is 74.3 Å². The molecule has 0 unspecified atom stereocenters. The summed E-state index contributed by atoms with van der Waals surface area (Å²) in [7, 11) is 0. The third-order valence-corrected chi connectivity index (χ3v) is 5.12. The predicted molar refractivity (Wildman–Crippen MR) is 103 cm³/mol. The largest absolute Gasteiger partial charge is 0.394 e. The second kappa shape index (κ2) is 10.6. The van der Waals surface area contributed by atoms with E-state index in [0.717, 1.165) is 0 Å². The van der Waals surface area contributed by atoms with Crippen molar-refractivity contribution in [1.82, 2.24) is 9.97 Å². The molecule has 12 nitrogen and oxygen atoms in total. The van der Waals surface area contributed by atoms with Gasteiger partial charge >= 0.3 is 0 Å². The van der Waals surface area contributed by atoms with Crippen LogP contribution in [-0.4, -0.2) is 125 Å². The van der Waals surface area contributed by atoms with Crippen molar-refractivity contribution in [1.29, 1.82) is 0 Å². The highest BCUT2D eigenvalue weighted by Crippen LogP contribution is 2.21. The molecule has 2 aliphatic heterocycles. The summed E-state index contributed by atoms with van der Waals surface area (Å²) in [6.45, 7) is -1.13. The summed E-state index contributed by atoms with van der Waals surface area (Å²) in [5.41, 5.74) is 0.362. The first-order chi connectivity index (χ1) is 15.3. The van der Waals surface area contributed by atoms with E-state index in [1.54, 1.807) is 0 Å². The van der Waals surface area contributed by atoms with E-state index >= 15 is 0 Å². The van der Waals surface area contributed by atoms with Crippen molar-refractivity contribution in [3.63, 3.8) is 0 Å². The van der Waals surface area contributed by atoms with Crippen LogP contribution in [0.4, 0.5) is 0 Å². The molecule has 0 radical (unpaired) electrons. The smallest absolute Gasteiger partial charge is 0.147 e. The number of aliphatic hydroxyl groups excluding tert-OH is 8. The highest BCUT2D eigenvalue weighted by Gasteiger charge is 2.43. The molecule has 3 heterocycles. The van der Waals surface area contributed by atoms with E-state index in [2.05, 4.69) is 33.6 Å². The lowest BCUT2D eigenvalue weighted by Gasteiger charge is -2.37. The first-order valence-electron chi connectivity index (χ1n) is 9.73. The highest BCUT2D eigenvalue weighted by molar-refractivity contribution is 5.32. The van der Waals surface area contributed by atoms with Crippen LogP contribution in [0.5, 0.6) is 0 Å². The molecule has 1 aromatic heterocycles. The molecule has 174 valence electrons. The zero-order chi connectivity index (χ0) is 23.4. The normalized spacial score (nSPS) is 39.4. The van der Waals surface area contributed by atoms with E-state index in [1.165, 1.54) is 12.4 Å². The average molecular weight is 452 g/mol. The van der Waals surface area contributed by atoms with Crippen LogP contribution in [0.15, 0.2) is 12.4 Å². The Morgan fingerprint density at radius 2 is 1.00 bits per heavy atom. The monoisotopic (exact) mass is 452 g/mol. The van der Waals surface area contributed by atoms with Crippen molar-refractivity contribution in [2.75, 3.05) is 13.2 Å². The van der Waals surface area contributed by atoms with Crippen LogP contribution in [0.1, 0.15) is 11.4 Å². The third-order valence-electron chi connectivity index (χ3n) is 5.12. The molecule has 0 amide bonds. The molecule has 0 aromatic carbocycles. The fourth-order valence-corrected chi connectivity index (χ4v) is 3.19. The minimum Gasteiger partial charge on any atom is -0.394 e. The van der Waals surface area contributed by atoms with Crippen LogP contribution in [0.25, 0.3) is 0 Å². The molecule has 10 atom stereocenters. The maximum absolute atomic E-state index is 9.98. The molecule has 0 spiro atoms. The highest BCUT2D eigenvalue weighted by atomic mass is 16.5. The molecule has 0 bridgehead atoms. The lowest BCUT2D eigenvalue weighted by Crippen LogP contribution is -2.58. The Bertz CT molecular complexity index is 815. The minimum atomic E-state index is -1.54. The summed E-state index contributed by atoms with van der Waals surface area (Å²) in [4.78, 5) is 8.06. The van der Waals surface area contributed by atoms with Crippen LogP contribution < -0.4 is 0 Å². The van der Waals surface area contributed by atoms with Gasteiger partial charge in [-0.25, -0.2) is 9.97 Å². The summed E-state index contributed by atoms with van der Waals surface area (Å²) in [5, 5.41) is 77.4. The molecule has 0 aliphatic carbocycles. The van der Waals surface area contributed by atoms with Crippen molar-refractivity contribution in [3.05, 3.63) is 23.8 Å². The maximum atomic E-state index is 9.98. The van der Waals surface area contributed by atoms with Crippen molar-refractivity contribution in [2.45, 2.75) is 61.0 Å². The SMILES string of the molecule is OC[C@H]1O[C@H](C#Cc2cnc(C#C[C@H]3O[C@H](CO)[C@@H](O)[C@H](O)[C@@H]3O)cn2)[C@@H](O)[C@@H](O)[C@@H]1O. The Hall–Kier alpha value is -2.20. The van der Waals surface area contributed by atoms with Gasteiger partial charge < -0.3 is 50.3 Å². The molecule has 32 heavy (non-hydrogen) atoms. The van der Waals surface area contributed by atoms with Crippen molar-refractivity contribution in [3.8, 4) is 23.7 Å². The van der Waals surface area contributed by atoms with E-state index in [-0.39, 0.29) is 11.4 Å². The summed E-state index contributed by atoms with van der Waals surface area (Å²) in [6.07, 6.45) is -10.9. The molecular weight excluding hydrogens is 428 g/mol. The Balaban J connectivity index is 1.67. The Kier molecular flexibility index (Phi) is 8.10. The van der Waals surface area contributed by atoms with E-state index in [1.807, 2.05) is 0 Å². The van der Waals surface area contributed by atoms with Crippen LogP contribution in [0.3, 0.4) is 0 Å². The number of aromatic nitrogens is 2. The molecule has 0 saturated carbocycles. The van der Waals surface area contributed by atoms with Gasteiger partial charge in [0.25, 0.3) is 0 Å². The summed E-state index contributed by atoms with van der Waals surface area (Å²) in [6, 6.07) is 0. The van der Waals surface area contributed by atoms with Gasteiger partial charge in [-0.05, 0) is 11.8 Å². The molecule has 8 N–H and O–H groups in total. The van der Waals surface area contributed by atoms with Crippen LogP contribution in [-0.2, 0) is 9.47 Å². The number of hydrogen-bond acceptors (Lipinski definition) is 12. The first-order valence-corrected chi connectivity index (χ1v) is 9.73. The average Bonchev–Trinajstić information content (AvgIpc) is 2.81. The molecular formula is C20H24N2O10. The third kappa shape index (κ3) is 5.23. The number of rotatable bonds is 2. The number of hydrogen-bond donors (Lipinski definition) is 8. The molecule has 1 aromatic rings. The van der Waals surface area contributed by atoms with Gasteiger partial charge in [-0.3, -0.25) is 0 Å². The predicted octanol–water partition coefficient (Wildman–Crippen LogP) is -5.14. The van der Waals surface area contributed by atoms with Gasteiger partial charge in [0, 0.05) is 0 Å². The topological polar surface area (TPSA) is 206 Å². The second-order valence-electron chi connectivity index (χ2n) is 7.32. The van der Waals surface area contributed by atoms with Crippen molar-refractivity contribution >= 4 is 0 Å². The van der Waals surface area contributed by atoms with Crippen molar-refractivity contribution in [2.24, 2.45) is 0 Å². The standard InChI is InChI=1S/C20H24N2O10/c23-7-13-17(27)19(29)15(25)11(31-13)3-1-9-5-22-10(6-21-9)2-4-12-16(26)20(30)18(28)14(8-24)32-12/h5-6,11-20,23-30H,7-8H2/t11-,12-,13-,14-,15-,16-,17-,18-,19-,20-/m1/s1. The zero-order valence-corrected chi connectivity index (χ0v) is 16.6. The molecule has 3 rings (SSSR count). The number of nitrogens with zero attached hydrogens (tertiary/aromatic N) is 2. The summed E-state index contributed by atoms with van der Waals surface area (Å²) >= 11 is 0. The Morgan fingerprint density at radius 1 is 0.625 bits per heavy atom. The first kappa shape index (κ1) is 24.4. The van der Waals surface area contributed by atoms with Gasteiger partial charge in [0.1, 0.15) is 72.4 Å². The molecule has 2 aliphatic rings. The Morgan fingerprint density at radius 3 is 1.31 bits per heavy atom. The Labute approximate surface area is 182 Å². The molecule has 2 fully saturated rings. The number of aliphatic hydroxyl groups is 8. The van der Waals surface area contributed by atoms with Crippen LogP contribution in [0.2, 0.25) is 0 Å². The van der Waals surface area contributed by atoms with Gasteiger partial charge in [-0.2, -0.15) is 0 Å². The number of ether oxygens (including phenoxy) is 2. The van der Waals surface area contributed by atoms with E-state index in [0.29, 0.717) is 0 Å². The minimum absolute atomic E-state index is 0.181. The molecule has 12 heteroatoms. The lowest BCUT2D eigenvalue weighted by molar-refractivity contribution is -0.214. The maximum Gasteiger partial charge on any atom is 0.147 e. The zero-order valence-electron chi connectivity index (χ0n) is 16.6. The van der Waals surface area contributed by atoms with Crippen LogP contribution >= 0.6 is 0 Å². The quantitative estimate of drug-likeness (QED) is 0.198. The van der Waals surface area contributed by atoms with Crippen molar-refractivity contribution < 1.29 is 50.3 Å². The summed E-state index contributed by atoms with van der Waals surface area (Å²) < 4.78 is 10.6. The second-order valence-corrected chi connectivity index (χ2v) is 7.32. The fraction of sp³-hybridized carbons (Fsp3) is 0.600. The van der Waals surface area contributed by atoms with E-state index in [9.17, 15) is 40.9 Å². The van der Waals surface area contributed by atoms with Gasteiger partial charge in [0.2, 0.25) is 0 Å². The van der Waals surface area contributed by atoms with Gasteiger partial charge in [0.15, 0.2) is 0 Å². The summed E-state index contributed by atoms with van der Waals surface area (Å²) in [5.74, 6) is 10.3. The fourth-order valence-electron chi connectivity index (χ4n) is 3.19.